The van der Waals surface area contributed by atoms with E-state index in [0.29, 0.717) is 31.2 Å². The van der Waals surface area contributed by atoms with E-state index >= 15 is 0 Å². The molecule has 18 heavy (non-hydrogen) atoms. The second-order valence-corrected chi connectivity index (χ2v) is 5.54. The molecule has 1 amide bonds. The van der Waals surface area contributed by atoms with Gasteiger partial charge >= 0.3 is 0 Å². The number of ether oxygens (including phenoxy) is 1. The van der Waals surface area contributed by atoms with Gasteiger partial charge in [0, 0.05) is 19.6 Å². The van der Waals surface area contributed by atoms with Gasteiger partial charge in [0.05, 0.1) is 0 Å². The molecule has 3 N–H and O–H groups in total. The van der Waals surface area contributed by atoms with Crippen molar-refractivity contribution in [3.63, 3.8) is 0 Å². The summed E-state index contributed by atoms with van der Waals surface area (Å²) in [6.07, 6.45) is 2.98. The van der Waals surface area contributed by atoms with Crippen molar-refractivity contribution in [2.45, 2.75) is 38.1 Å². The molecule has 7 heteroatoms. The summed E-state index contributed by atoms with van der Waals surface area (Å²) < 4.78 is 5.22. The van der Waals surface area contributed by atoms with Crippen molar-refractivity contribution < 1.29 is 9.53 Å². The third-order valence-corrected chi connectivity index (χ3v) is 3.89. The second-order valence-electron chi connectivity index (χ2n) is 4.47. The molecule has 2 rings (SSSR count). The van der Waals surface area contributed by atoms with Crippen molar-refractivity contribution in [3.05, 3.63) is 5.01 Å². The number of nitrogens with two attached hydrogens (primary N) is 1. The van der Waals surface area contributed by atoms with Gasteiger partial charge in [0.1, 0.15) is 10.5 Å². The van der Waals surface area contributed by atoms with Crippen LogP contribution in [0.2, 0.25) is 0 Å². The molecular weight excluding hydrogens is 252 g/mol. The first-order valence-corrected chi connectivity index (χ1v) is 6.96. The average molecular weight is 270 g/mol. The molecule has 0 spiro atoms. The van der Waals surface area contributed by atoms with E-state index in [-0.39, 0.29) is 5.91 Å². The Balaban J connectivity index is 1.97. The Kier molecular flexibility index (Phi) is 4.26. The fraction of sp³-hybridized carbons (Fsp3) is 0.727. The number of aromatic nitrogens is 2. The lowest BCUT2D eigenvalue weighted by Gasteiger charge is -2.31. The van der Waals surface area contributed by atoms with Crippen LogP contribution in [0.5, 0.6) is 0 Å². The average Bonchev–Trinajstić information content (AvgIpc) is 2.78. The van der Waals surface area contributed by atoms with E-state index < -0.39 is 5.54 Å². The molecule has 1 fully saturated rings. The van der Waals surface area contributed by atoms with Gasteiger partial charge < -0.3 is 10.5 Å². The number of hydrogen-bond acceptors (Lipinski definition) is 6. The predicted molar refractivity (Wildman–Crippen MR) is 69.5 cm³/mol. The second kappa shape index (κ2) is 5.73. The molecule has 6 nitrogen and oxygen atoms in total. The Labute approximate surface area is 110 Å². The van der Waals surface area contributed by atoms with E-state index in [1.165, 1.54) is 11.3 Å². The quantitative estimate of drug-likeness (QED) is 0.849. The first-order chi connectivity index (χ1) is 8.64. The van der Waals surface area contributed by atoms with Crippen LogP contribution in [0.4, 0.5) is 5.13 Å². The van der Waals surface area contributed by atoms with Crippen molar-refractivity contribution in [1.82, 2.24) is 10.2 Å². The number of amides is 1. The highest BCUT2D eigenvalue weighted by molar-refractivity contribution is 7.15. The fourth-order valence-corrected chi connectivity index (χ4v) is 2.64. The number of hydrogen-bond donors (Lipinski definition) is 2. The highest BCUT2D eigenvalue weighted by atomic mass is 32.1. The number of anilines is 1. The van der Waals surface area contributed by atoms with Crippen LogP contribution in [0.3, 0.4) is 0 Å². The summed E-state index contributed by atoms with van der Waals surface area (Å²) in [6, 6.07) is 0. The predicted octanol–water partition coefficient (Wildman–Crippen LogP) is 0.937. The number of aryl methyl sites for hydroxylation is 1. The van der Waals surface area contributed by atoms with Crippen LogP contribution < -0.4 is 11.1 Å². The normalized spacial score (nSPS) is 18.6. The van der Waals surface area contributed by atoms with Gasteiger partial charge in [0.15, 0.2) is 0 Å². The Hall–Kier alpha value is -1.05. The summed E-state index contributed by atoms with van der Waals surface area (Å²) in [5.74, 6) is -0.190. The topological polar surface area (TPSA) is 90.1 Å². The Morgan fingerprint density at radius 3 is 2.89 bits per heavy atom. The molecule has 0 unspecified atom stereocenters. The van der Waals surface area contributed by atoms with Gasteiger partial charge in [0.25, 0.3) is 0 Å². The molecule has 1 aromatic rings. The number of nitrogens with one attached hydrogen (secondary N) is 1. The van der Waals surface area contributed by atoms with E-state index in [4.69, 9.17) is 10.5 Å². The molecule has 0 radical (unpaired) electrons. The fourth-order valence-electron chi connectivity index (χ4n) is 1.80. The number of carbonyl (C=O) groups excluding carboxylic acids is 1. The summed E-state index contributed by atoms with van der Waals surface area (Å²) in [6.45, 7) is 3.14. The van der Waals surface area contributed by atoms with Crippen LogP contribution in [0.25, 0.3) is 0 Å². The van der Waals surface area contributed by atoms with Crippen LogP contribution in [0.1, 0.15) is 31.2 Å². The molecule has 0 atom stereocenters. The molecule has 1 saturated heterocycles. The maximum Gasteiger partial charge on any atom is 0.246 e. The zero-order valence-corrected chi connectivity index (χ0v) is 11.3. The standard InChI is InChI=1S/C11H18N4O2S/c1-2-3-8-14-15-10(18-8)13-9(16)11(12)4-6-17-7-5-11/h2-7,12H2,1H3,(H,13,15,16). The number of rotatable bonds is 4. The minimum absolute atomic E-state index is 0.190. The van der Waals surface area contributed by atoms with Gasteiger partial charge in [-0.3, -0.25) is 10.1 Å². The lowest BCUT2D eigenvalue weighted by atomic mass is 9.90. The van der Waals surface area contributed by atoms with Gasteiger partial charge in [-0.15, -0.1) is 10.2 Å². The van der Waals surface area contributed by atoms with Crippen LogP contribution in [0.15, 0.2) is 0 Å². The summed E-state index contributed by atoms with van der Waals surface area (Å²) in [5, 5.41) is 12.2. The first-order valence-electron chi connectivity index (χ1n) is 6.14. The van der Waals surface area contributed by atoms with Gasteiger partial charge in [-0.25, -0.2) is 0 Å². The monoisotopic (exact) mass is 270 g/mol. The first kappa shape index (κ1) is 13.4. The minimum atomic E-state index is -0.838. The van der Waals surface area contributed by atoms with E-state index in [0.717, 1.165) is 17.8 Å². The third-order valence-electron chi connectivity index (χ3n) is 2.99. The molecule has 0 saturated carbocycles. The van der Waals surface area contributed by atoms with Gasteiger partial charge in [-0.05, 0) is 19.3 Å². The molecule has 0 aromatic carbocycles. The zero-order valence-electron chi connectivity index (χ0n) is 10.4. The number of nitrogens with zero attached hydrogens (tertiary/aromatic N) is 2. The SMILES string of the molecule is CCCc1nnc(NC(=O)C2(N)CCOCC2)s1. The van der Waals surface area contributed by atoms with Gasteiger partial charge in [-0.2, -0.15) is 0 Å². The smallest absolute Gasteiger partial charge is 0.246 e. The highest BCUT2D eigenvalue weighted by Crippen LogP contribution is 2.22. The minimum Gasteiger partial charge on any atom is -0.381 e. The maximum absolute atomic E-state index is 12.1. The molecule has 1 aliphatic rings. The van der Waals surface area contributed by atoms with Crippen molar-refractivity contribution in [3.8, 4) is 0 Å². The molecule has 100 valence electrons. The van der Waals surface area contributed by atoms with E-state index in [1.54, 1.807) is 0 Å². The Bertz CT molecular complexity index is 415. The van der Waals surface area contributed by atoms with Crippen LogP contribution in [-0.2, 0) is 16.0 Å². The van der Waals surface area contributed by atoms with Crippen molar-refractivity contribution in [2.75, 3.05) is 18.5 Å². The maximum atomic E-state index is 12.1. The summed E-state index contributed by atoms with van der Waals surface area (Å²) in [4.78, 5) is 12.1. The van der Waals surface area contributed by atoms with Gasteiger partial charge in [0.2, 0.25) is 11.0 Å². The number of carbonyl (C=O) groups is 1. The van der Waals surface area contributed by atoms with Crippen molar-refractivity contribution in [2.24, 2.45) is 5.73 Å². The zero-order chi connectivity index (χ0) is 13.0. The summed E-state index contributed by atoms with van der Waals surface area (Å²) >= 11 is 1.41. The molecule has 1 aromatic heterocycles. The molecular formula is C11H18N4O2S. The van der Waals surface area contributed by atoms with E-state index in [1.807, 2.05) is 0 Å². The molecule has 1 aliphatic heterocycles. The van der Waals surface area contributed by atoms with E-state index in [2.05, 4.69) is 22.4 Å². The highest BCUT2D eigenvalue weighted by Gasteiger charge is 2.36. The Morgan fingerprint density at radius 2 is 2.22 bits per heavy atom. The third kappa shape index (κ3) is 3.04. The van der Waals surface area contributed by atoms with Crippen molar-refractivity contribution >= 4 is 22.4 Å². The Morgan fingerprint density at radius 1 is 1.50 bits per heavy atom. The molecule has 2 heterocycles. The lowest BCUT2D eigenvalue weighted by Crippen LogP contribution is -2.54. The molecule has 0 aliphatic carbocycles. The largest absolute Gasteiger partial charge is 0.381 e. The van der Waals surface area contributed by atoms with Crippen LogP contribution >= 0.6 is 11.3 Å². The molecule has 0 bridgehead atoms. The lowest BCUT2D eigenvalue weighted by molar-refractivity contribution is -0.124. The van der Waals surface area contributed by atoms with Crippen molar-refractivity contribution in [1.29, 1.82) is 0 Å². The van der Waals surface area contributed by atoms with Crippen LogP contribution in [0, 0.1) is 0 Å². The summed E-state index contributed by atoms with van der Waals surface area (Å²) in [7, 11) is 0. The summed E-state index contributed by atoms with van der Waals surface area (Å²) in [5.41, 5.74) is 5.24. The van der Waals surface area contributed by atoms with Gasteiger partial charge in [-0.1, -0.05) is 18.3 Å². The van der Waals surface area contributed by atoms with E-state index in [9.17, 15) is 4.79 Å². The van der Waals surface area contributed by atoms with Crippen LogP contribution in [-0.4, -0.2) is 34.9 Å².